The standard InChI is InChI=1S/C12H16O4.S2/c1-2-16-12-6-3-5(11(12)15)9-7(13)4-8(14)10(6)9;1-2/h5-6,9-12,15H,2-4H2,1H3;. The molecule has 3 rings (SSSR count). The lowest BCUT2D eigenvalue weighted by molar-refractivity contribution is -0.133. The molecule has 6 atom stereocenters. The highest BCUT2D eigenvalue weighted by Crippen LogP contribution is 2.57. The summed E-state index contributed by atoms with van der Waals surface area (Å²) in [5.74, 6) is -0.216. The number of hydrogen-bond donors (Lipinski definition) is 1. The molecule has 0 aliphatic heterocycles. The summed E-state index contributed by atoms with van der Waals surface area (Å²) in [4.78, 5) is 23.4. The molecule has 3 saturated carbocycles. The van der Waals surface area contributed by atoms with Crippen LogP contribution in [0.4, 0.5) is 0 Å². The van der Waals surface area contributed by atoms with Crippen LogP contribution < -0.4 is 0 Å². The van der Waals surface area contributed by atoms with Crippen LogP contribution in [0.1, 0.15) is 19.8 Å². The van der Waals surface area contributed by atoms with E-state index in [-0.39, 0.29) is 47.8 Å². The van der Waals surface area contributed by atoms with Crippen LogP contribution in [0, 0.1) is 23.7 Å². The van der Waals surface area contributed by atoms with Gasteiger partial charge >= 0.3 is 0 Å². The summed E-state index contributed by atoms with van der Waals surface area (Å²) in [5.41, 5.74) is 0. The number of carbonyl (C=O) groups excluding carboxylic acids is 2. The first-order valence-corrected chi connectivity index (χ1v) is 7.50. The zero-order valence-electron chi connectivity index (χ0n) is 10.1. The molecule has 2 bridgehead atoms. The number of Topliss-reactive ketones (excluding diaryl/α,β-unsaturated/α-hetero) is 2. The Labute approximate surface area is 116 Å². The van der Waals surface area contributed by atoms with E-state index in [1.54, 1.807) is 0 Å². The van der Waals surface area contributed by atoms with Crippen molar-refractivity contribution in [2.75, 3.05) is 6.61 Å². The fraction of sp³-hybridized carbons (Fsp3) is 0.833. The molecule has 3 aliphatic rings. The summed E-state index contributed by atoms with van der Waals surface area (Å²) < 4.78 is 5.53. The van der Waals surface area contributed by atoms with Gasteiger partial charge in [-0.05, 0) is 25.2 Å². The fourth-order valence-electron chi connectivity index (χ4n) is 4.03. The van der Waals surface area contributed by atoms with Crippen LogP contribution in [0.15, 0.2) is 0 Å². The highest BCUT2D eigenvalue weighted by molar-refractivity contribution is 8.07. The van der Waals surface area contributed by atoms with Gasteiger partial charge in [-0.25, -0.2) is 0 Å². The maximum Gasteiger partial charge on any atom is 0.144 e. The quantitative estimate of drug-likeness (QED) is 0.731. The fourth-order valence-corrected chi connectivity index (χ4v) is 4.03. The molecule has 0 aromatic heterocycles. The average molecular weight is 288 g/mol. The number of aliphatic hydroxyl groups is 1. The van der Waals surface area contributed by atoms with Crippen LogP contribution in [0.5, 0.6) is 0 Å². The van der Waals surface area contributed by atoms with Crippen molar-refractivity contribution in [3.8, 4) is 0 Å². The van der Waals surface area contributed by atoms with Crippen LogP contribution in [-0.4, -0.2) is 35.5 Å². The maximum absolute atomic E-state index is 11.8. The van der Waals surface area contributed by atoms with Gasteiger partial charge in [0.2, 0.25) is 0 Å². The summed E-state index contributed by atoms with van der Waals surface area (Å²) in [7, 11) is 0. The lowest BCUT2D eigenvalue weighted by Gasteiger charge is -2.33. The van der Waals surface area contributed by atoms with Crippen molar-refractivity contribution in [2.45, 2.75) is 32.0 Å². The third-order valence-electron chi connectivity index (χ3n) is 4.50. The smallest absolute Gasteiger partial charge is 0.144 e. The molecule has 0 aromatic rings. The molecule has 0 heterocycles. The number of ketones is 2. The van der Waals surface area contributed by atoms with Gasteiger partial charge in [0.25, 0.3) is 0 Å². The van der Waals surface area contributed by atoms with Gasteiger partial charge in [0, 0.05) is 40.8 Å². The predicted molar refractivity (Wildman–Crippen MR) is 69.4 cm³/mol. The van der Waals surface area contributed by atoms with E-state index in [9.17, 15) is 14.7 Å². The van der Waals surface area contributed by atoms with Crippen molar-refractivity contribution < 1.29 is 19.4 Å². The molecule has 0 aromatic carbocycles. The lowest BCUT2D eigenvalue weighted by Crippen LogP contribution is -2.44. The second kappa shape index (κ2) is 5.36. The number of hydrogen-bond acceptors (Lipinski definition) is 6. The van der Waals surface area contributed by atoms with Gasteiger partial charge in [0.1, 0.15) is 11.6 Å². The van der Waals surface area contributed by atoms with Crippen molar-refractivity contribution >= 4 is 33.9 Å². The largest absolute Gasteiger partial charge is 0.390 e. The molecule has 0 radical (unpaired) electrons. The van der Waals surface area contributed by atoms with E-state index in [2.05, 4.69) is 22.4 Å². The van der Waals surface area contributed by atoms with E-state index in [1.807, 2.05) is 6.92 Å². The zero-order valence-corrected chi connectivity index (χ0v) is 11.7. The van der Waals surface area contributed by atoms with E-state index >= 15 is 0 Å². The number of aliphatic hydroxyl groups excluding tert-OH is 1. The molecule has 0 spiro atoms. The number of carbonyl (C=O) groups is 2. The van der Waals surface area contributed by atoms with Gasteiger partial charge < -0.3 is 9.84 Å². The maximum atomic E-state index is 11.8. The highest BCUT2D eigenvalue weighted by atomic mass is 32.8. The third-order valence-corrected chi connectivity index (χ3v) is 4.50. The summed E-state index contributed by atoms with van der Waals surface area (Å²) in [6, 6.07) is 0. The van der Waals surface area contributed by atoms with E-state index < -0.39 is 6.10 Å². The predicted octanol–water partition coefficient (Wildman–Crippen LogP) is 0.172. The molecule has 6 unspecified atom stereocenters. The van der Waals surface area contributed by atoms with Gasteiger partial charge in [-0.3, -0.25) is 9.59 Å². The van der Waals surface area contributed by atoms with Gasteiger partial charge in [-0.2, -0.15) is 0 Å². The Morgan fingerprint density at radius 3 is 2.33 bits per heavy atom. The molecule has 0 amide bonds. The van der Waals surface area contributed by atoms with Crippen LogP contribution in [0.25, 0.3) is 0 Å². The lowest BCUT2D eigenvalue weighted by atomic mass is 9.78. The van der Waals surface area contributed by atoms with Gasteiger partial charge in [0.15, 0.2) is 0 Å². The van der Waals surface area contributed by atoms with E-state index in [1.165, 1.54) is 0 Å². The molecule has 18 heavy (non-hydrogen) atoms. The van der Waals surface area contributed by atoms with Crippen LogP contribution >= 0.6 is 0 Å². The minimum atomic E-state index is -0.555. The van der Waals surface area contributed by atoms with Gasteiger partial charge in [-0.15, -0.1) is 0 Å². The van der Waals surface area contributed by atoms with Crippen molar-refractivity contribution in [3.05, 3.63) is 0 Å². The minimum Gasteiger partial charge on any atom is -0.390 e. The molecule has 3 aliphatic carbocycles. The Hall–Kier alpha value is -0.300. The first-order chi connectivity index (χ1) is 8.65. The van der Waals surface area contributed by atoms with Gasteiger partial charge in [-0.1, -0.05) is 0 Å². The number of fused-ring (bicyclic) bond motifs is 5. The summed E-state index contributed by atoms with van der Waals surface area (Å²) in [5, 5.41) is 10.1. The Morgan fingerprint density at radius 1 is 1.22 bits per heavy atom. The number of rotatable bonds is 2. The van der Waals surface area contributed by atoms with E-state index in [0.717, 1.165) is 6.42 Å². The van der Waals surface area contributed by atoms with Crippen LogP contribution in [0.3, 0.4) is 0 Å². The minimum absolute atomic E-state index is 0.0366. The first-order valence-electron chi connectivity index (χ1n) is 6.17. The molecular weight excluding hydrogens is 272 g/mol. The Bertz CT molecular complexity index is 373. The second-order valence-electron chi connectivity index (χ2n) is 5.13. The Balaban J connectivity index is 0.000000574. The molecule has 4 nitrogen and oxygen atoms in total. The van der Waals surface area contributed by atoms with Gasteiger partial charge in [0.05, 0.1) is 18.6 Å². The highest BCUT2D eigenvalue weighted by Gasteiger charge is 2.64. The molecule has 100 valence electrons. The Morgan fingerprint density at radius 2 is 1.78 bits per heavy atom. The monoisotopic (exact) mass is 288 g/mol. The van der Waals surface area contributed by atoms with Crippen molar-refractivity contribution in [3.63, 3.8) is 0 Å². The van der Waals surface area contributed by atoms with Crippen molar-refractivity contribution in [1.29, 1.82) is 0 Å². The zero-order chi connectivity index (χ0) is 13.4. The summed E-state index contributed by atoms with van der Waals surface area (Å²) in [6.45, 7) is 2.43. The SMILES string of the molecule is CCOC1C(O)C2CC1C1C(=O)CC(=O)C21.S=S. The third kappa shape index (κ3) is 1.86. The molecule has 3 fully saturated rings. The second-order valence-corrected chi connectivity index (χ2v) is 5.13. The van der Waals surface area contributed by atoms with Crippen molar-refractivity contribution in [2.24, 2.45) is 23.7 Å². The average Bonchev–Trinajstić information content (AvgIpc) is 2.97. The first kappa shape index (κ1) is 14.1. The van der Waals surface area contributed by atoms with Crippen LogP contribution in [-0.2, 0) is 36.7 Å². The van der Waals surface area contributed by atoms with Crippen LogP contribution in [0.2, 0.25) is 0 Å². The normalized spacial score (nSPS) is 44.8. The molecule has 0 saturated heterocycles. The molecular formula is C12H16O4S2. The molecule has 1 N–H and O–H groups in total. The number of ether oxygens (including phenoxy) is 1. The summed E-state index contributed by atoms with van der Waals surface area (Å²) >= 11 is 7.33. The summed E-state index contributed by atoms with van der Waals surface area (Å²) in [6.07, 6.45) is 0.0687. The van der Waals surface area contributed by atoms with E-state index in [0.29, 0.717) is 6.61 Å². The molecule has 6 heteroatoms. The topological polar surface area (TPSA) is 63.6 Å². The van der Waals surface area contributed by atoms with Crippen molar-refractivity contribution in [1.82, 2.24) is 0 Å². The Kier molecular flexibility index (Phi) is 4.21. The van der Waals surface area contributed by atoms with E-state index in [4.69, 9.17) is 4.74 Å².